The van der Waals surface area contributed by atoms with E-state index in [0.717, 1.165) is 18.7 Å². The van der Waals surface area contributed by atoms with Crippen LogP contribution in [0.25, 0.3) is 0 Å². The van der Waals surface area contributed by atoms with Crippen molar-refractivity contribution in [3.63, 3.8) is 0 Å². The molecule has 0 aliphatic rings. The molecule has 1 aromatic heterocycles. The van der Waals surface area contributed by atoms with Gasteiger partial charge in [0.1, 0.15) is 0 Å². The molecule has 1 aromatic rings. The number of nitrogens with zero attached hydrogens (tertiary/aromatic N) is 2. The standard InChI is InChI=1S/C11H18IN3O/c1-4-8(2)13-5-6-15-7-14-9(3)10(12)11(15)16/h7-8,13H,4-6H2,1-3H3. The lowest BCUT2D eigenvalue weighted by Gasteiger charge is -2.12. The van der Waals surface area contributed by atoms with E-state index in [1.54, 1.807) is 10.9 Å². The van der Waals surface area contributed by atoms with Gasteiger partial charge in [0.25, 0.3) is 5.56 Å². The van der Waals surface area contributed by atoms with Gasteiger partial charge in [-0.25, -0.2) is 4.98 Å². The van der Waals surface area contributed by atoms with Crippen LogP contribution < -0.4 is 10.9 Å². The van der Waals surface area contributed by atoms with Crippen LogP contribution in [0.1, 0.15) is 26.0 Å². The van der Waals surface area contributed by atoms with Gasteiger partial charge in [0.05, 0.1) is 15.6 Å². The van der Waals surface area contributed by atoms with Gasteiger partial charge in [-0.2, -0.15) is 0 Å². The van der Waals surface area contributed by atoms with Crippen molar-refractivity contribution in [2.24, 2.45) is 0 Å². The molecule has 1 atom stereocenters. The molecule has 1 heterocycles. The molecule has 90 valence electrons. The van der Waals surface area contributed by atoms with Gasteiger partial charge in [-0.3, -0.25) is 9.36 Å². The second-order valence-electron chi connectivity index (χ2n) is 3.91. The third kappa shape index (κ3) is 3.55. The van der Waals surface area contributed by atoms with Crippen LogP contribution >= 0.6 is 22.6 Å². The molecule has 1 rings (SSSR count). The molecule has 0 fully saturated rings. The Hall–Kier alpha value is -0.430. The van der Waals surface area contributed by atoms with Crippen molar-refractivity contribution in [3.8, 4) is 0 Å². The Kier molecular flexibility index (Phi) is 5.40. The van der Waals surface area contributed by atoms with Gasteiger partial charge in [-0.05, 0) is 42.9 Å². The van der Waals surface area contributed by atoms with Crippen LogP contribution in [0.15, 0.2) is 11.1 Å². The highest BCUT2D eigenvalue weighted by atomic mass is 127. The number of nitrogens with one attached hydrogen (secondary N) is 1. The van der Waals surface area contributed by atoms with Crippen molar-refractivity contribution >= 4 is 22.6 Å². The van der Waals surface area contributed by atoms with Gasteiger partial charge >= 0.3 is 0 Å². The number of halogens is 1. The summed E-state index contributed by atoms with van der Waals surface area (Å²) in [5.41, 5.74) is 0.857. The lowest BCUT2D eigenvalue weighted by molar-refractivity contribution is 0.496. The van der Waals surface area contributed by atoms with Gasteiger partial charge in [0, 0.05) is 19.1 Å². The Morgan fingerprint density at radius 2 is 2.31 bits per heavy atom. The van der Waals surface area contributed by atoms with E-state index in [0.29, 0.717) is 16.2 Å². The van der Waals surface area contributed by atoms with Gasteiger partial charge in [0.2, 0.25) is 0 Å². The summed E-state index contributed by atoms with van der Waals surface area (Å²) < 4.78 is 2.37. The van der Waals surface area contributed by atoms with Crippen molar-refractivity contribution in [3.05, 3.63) is 25.9 Å². The topological polar surface area (TPSA) is 46.9 Å². The normalized spacial score (nSPS) is 12.8. The highest BCUT2D eigenvalue weighted by Gasteiger charge is 2.05. The van der Waals surface area contributed by atoms with E-state index in [1.807, 2.05) is 6.92 Å². The fourth-order valence-corrected chi connectivity index (χ4v) is 1.73. The van der Waals surface area contributed by atoms with Crippen molar-refractivity contribution < 1.29 is 0 Å². The summed E-state index contributed by atoms with van der Waals surface area (Å²) in [6.45, 7) is 7.60. The first-order chi connectivity index (χ1) is 7.56. The van der Waals surface area contributed by atoms with E-state index in [9.17, 15) is 4.79 Å². The maximum absolute atomic E-state index is 11.8. The van der Waals surface area contributed by atoms with E-state index < -0.39 is 0 Å². The van der Waals surface area contributed by atoms with E-state index in [-0.39, 0.29) is 5.56 Å². The monoisotopic (exact) mass is 335 g/mol. The first-order valence-corrected chi connectivity index (χ1v) is 6.59. The first kappa shape index (κ1) is 13.6. The lowest BCUT2D eigenvalue weighted by Crippen LogP contribution is -2.33. The quantitative estimate of drug-likeness (QED) is 0.831. The Bertz CT molecular complexity index is 403. The molecule has 0 bridgehead atoms. The van der Waals surface area contributed by atoms with Crippen LogP contribution in [0.4, 0.5) is 0 Å². The molecule has 0 radical (unpaired) electrons. The smallest absolute Gasteiger partial charge is 0.267 e. The van der Waals surface area contributed by atoms with Crippen molar-refractivity contribution in [2.75, 3.05) is 6.54 Å². The van der Waals surface area contributed by atoms with E-state index in [1.165, 1.54) is 0 Å². The molecule has 0 saturated heterocycles. The molecule has 0 aliphatic carbocycles. The molecule has 0 spiro atoms. The molecular formula is C11H18IN3O. The first-order valence-electron chi connectivity index (χ1n) is 5.51. The molecule has 1 unspecified atom stereocenters. The van der Waals surface area contributed by atoms with Crippen LogP contribution in [0.3, 0.4) is 0 Å². The summed E-state index contributed by atoms with van der Waals surface area (Å²) in [7, 11) is 0. The van der Waals surface area contributed by atoms with Crippen molar-refractivity contribution in [1.29, 1.82) is 0 Å². The molecule has 4 nitrogen and oxygen atoms in total. The van der Waals surface area contributed by atoms with Gasteiger partial charge < -0.3 is 5.32 Å². The Labute approximate surface area is 110 Å². The zero-order chi connectivity index (χ0) is 12.1. The van der Waals surface area contributed by atoms with Gasteiger partial charge in [0.15, 0.2) is 0 Å². The lowest BCUT2D eigenvalue weighted by atomic mass is 10.2. The Morgan fingerprint density at radius 3 is 2.94 bits per heavy atom. The van der Waals surface area contributed by atoms with Crippen LogP contribution in [0, 0.1) is 10.5 Å². The SMILES string of the molecule is CCC(C)NCCn1cnc(C)c(I)c1=O. The number of hydrogen-bond donors (Lipinski definition) is 1. The average molecular weight is 335 g/mol. The summed E-state index contributed by atoms with van der Waals surface area (Å²) in [4.78, 5) is 16.0. The van der Waals surface area contributed by atoms with Gasteiger partial charge in [-0.15, -0.1) is 0 Å². The minimum absolute atomic E-state index is 0.0547. The maximum atomic E-state index is 11.8. The highest BCUT2D eigenvalue weighted by molar-refractivity contribution is 14.1. The van der Waals surface area contributed by atoms with Crippen LogP contribution in [-0.4, -0.2) is 22.1 Å². The van der Waals surface area contributed by atoms with Crippen molar-refractivity contribution in [2.45, 2.75) is 39.8 Å². The Morgan fingerprint density at radius 1 is 1.62 bits per heavy atom. The molecule has 0 aromatic carbocycles. The molecule has 16 heavy (non-hydrogen) atoms. The summed E-state index contributed by atoms with van der Waals surface area (Å²) in [5.74, 6) is 0. The summed E-state index contributed by atoms with van der Waals surface area (Å²) in [6, 6.07) is 0.494. The van der Waals surface area contributed by atoms with Crippen LogP contribution in [0.5, 0.6) is 0 Å². The van der Waals surface area contributed by atoms with Crippen LogP contribution in [-0.2, 0) is 6.54 Å². The number of hydrogen-bond acceptors (Lipinski definition) is 3. The van der Waals surface area contributed by atoms with Crippen LogP contribution in [0.2, 0.25) is 0 Å². The van der Waals surface area contributed by atoms with Gasteiger partial charge in [-0.1, -0.05) is 6.92 Å². The number of rotatable bonds is 5. The third-order valence-electron chi connectivity index (χ3n) is 2.61. The molecular weight excluding hydrogens is 317 g/mol. The van der Waals surface area contributed by atoms with Crippen molar-refractivity contribution in [1.82, 2.24) is 14.9 Å². The second-order valence-corrected chi connectivity index (χ2v) is 4.98. The minimum Gasteiger partial charge on any atom is -0.312 e. The average Bonchev–Trinajstić information content (AvgIpc) is 2.29. The summed E-state index contributed by atoms with van der Waals surface area (Å²) in [5, 5.41) is 3.35. The molecule has 0 amide bonds. The molecule has 5 heteroatoms. The predicted octanol–water partition coefficient (Wildman–Crippen LogP) is 1.54. The zero-order valence-electron chi connectivity index (χ0n) is 9.96. The summed E-state index contributed by atoms with van der Waals surface area (Å²) >= 11 is 2.05. The maximum Gasteiger partial charge on any atom is 0.267 e. The number of aromatic nitrogens is 2. The fourth-order valence-electron chi connectivity index (χ4n) is 1.28. The van der Waals surface area contributed by atoms with E-state index in [4.69, 9.17) is 0 Å². The molecule has 0 aliphatic heterocycles. The molecule has 0 saturated carbocycles. The second kappa shape index (κ2) is 6.34. The predicted molar refractivity (Wildman–Crippen MR) is 73.7 cm³/mol. The highest BCUT2D eigenvalue weighted by Crippen LogP contribution is 2.00. The summed E-state index contributed by atoms with van der Waals surface area (Å²) in [6.07, 6.45) is 2.72. The largest absolute Gasteiger partial charge is 0.312 e. The Balaban J connectivity index is 2.62. The third-order valence-corrected chi connectivity index (χ3v) is 3.86. The van der Waals surface area contributed by atoms with E-state index >= 15 is 0 Å². The zero-order valence-corrected chi connectivity index (χ0v) is 12.1. The van der Waals surface area contributed by atoms with E-state index in [2.05, 4.69) is 46.7 Å². The number of aryl methyl sites for hydroxylation is 1. The molecule has 1 N–H and O–H groups in total. The fraction of sp³-hybridized carbons (Fsp3) is 0.636. The minimum atomic E-state index is 0.0547.